The number of nitrogens with two attached hydrogens (primary N) is 1. The Labute approximate surface area is 130 Å². The molecule has 14 heavy (non-hydrogen) atoms. The fraction of sp³-hybridized carbons (Fsp3) is 1.00. The van der Waals surface area contributed by atoms with Crippen LogP contribution in [0.4, 0.5) is 0 Å². The van der Waals surface area contributed by atoms with Gasteiger partial charge in [0.1, 0.15) is 0 Å². The molecule has 8 heteroatoms. The van der Waals surface area contributed by atoms with Gasteiger partial charge in [-0.2, -0.15) is 5.48 Å². The molecule has 0 radical (unpaired) electrons. The number of unbranched alkanes of at least 4 members (excludes halogenated alkanes) is 1. The molecular weight excluding hydrogens is 225 g/mol. The van der Waals surface area contributed by atoms with E-state index in [0.29, 0.717) is 19.7 Å². The summed E-state index contributed by atoms with van der Waals surface area (Å²) >= 11 is 0. The number of nitrogens with one attached hydrogen (secondary N) is 1. The summed E-state index contributed by atoms with van der Waals surface area (Å²) in [5, 5.41) is 0. The van der Waals surface area contributed by atoms with E-state index < -0.39 is 8.25 Å². The van der Waals surface area contributed by atoms with Crippen molar-refractivity contribution in [3.05, 3.63) is 0 Å². The van der Waals surface area contributed by atoms with E-state index in [-0.39, 0.29) is 59.1 Å². The van der Waals surface area contributed by atoms with Crippen LogP contribution < -0.4 is 11.2 Å². The van der Waals surface area contributed by atoms with Gasteiger partial charge in [-0.25, -0.2) is 4.62 Å². The van der Waals surface area contributed by atoms with Crippen molar-refractivity contribution in [3.63, 3.8) is 0 Å². The number of rotatable bonds is 8. The van der Waals surface area contributed by atoms with E-state index in [9.17, 15) is 4.57 Å². The zero-order valence-electron chi connectivity index (χ0n) is 7.34. The predicted molar refractivity (Wildman–Crippen MR) is 62.3 cm³/mol. The number of hydrogen-bond acceptors (Lipinski definition) is 5. The van der Waals surface area contributed by atoms with E-state index in [2.05, 4.69) is 10.1 Å². The molecule has 0 aromatic heterocycles. The van der Waals surface area contributed by atoms with E-state index in [0.717, 1.165) is 12.8 Å². The van der Waals surface area contributed by atoms with Crippen LogP contribution in [0.3, 0.4) is 0 Å². The van der Waals surface area contributed by atoms with Crippen molar-refractivity contribution < 1.29 is 13.7 Å². The molecule has 0 saturated carbocycles. The van der Waals surface area contributed by atoms with E-state index in [4.69, 9.17) is 10.3 Å². The zero-order chi connectivity index (χ0) is 9.23. The molecule has 78 valence electrons. The first-order valence-electron chi connectivity index (χ1n) is 4.07. The monoisotopic (exact) mass is 244 g/mol. The van der Waals surface area contributed by atoms with Crippen molar-refractivity contribution >= 4 is 67.4 Å². The molecule has 0 aromatic rings. The van der Waals surface area contributed by atoms with Crippen LogP contribution in [-0.2, 0) is 13.7 Å². The van der Waals surface area contributed by atoms with Crippen molar-refractivity contribution in [3.8, 4) is 0 Å². The van der Waals surface area contributed by atoms with Gasteiger partial charge in [0, 0.05) is 13.1 Å². The van der Waals surface area contributed by atoms with Gasteiger partial charge in [0.05, 0.1) is 6.61 Å². The molecule has 0 spiro atoms. The summed E-state index contributed by atoms with van der Waals surface area (Å²) in [5.74, 6) is 0. The van der Waals surface area contributed by atoms with Crippen LogP contribution in [0.1, 0.15) is 19.8 Å². The van der Waals surface area contributed by atoms with Gasteiger partial charge in [-0.3, -0.25) is 4.57 Å². The summed E-state index contributed by atoms with van der Waals surface area (Å²) in [5.41, 5.74) is 7.61. The van der Waals surface area contributed by atoms with Crippen molar-refractivity contribution in [2.45, 2.75) is 19.8 Å². The zero-order valence-corrected chi connectivity index (χ0v) is 8.34. The molecule has 0 aliphatic rings. The third kappa shape index (κ3) is 16.5. The van der Waals surface area contributed by atoms with Gasteiger partial charge in [0.25, 0.3) is 0 Å². The van der Waals surface area contributed by atoms with Gasteiger partial charge in [-0.1, -0.05) is 13.3 Å². The maximum atomic E-state index is 10.8. The van der Waals surface area contributed by atoms with Crippen LogP contribution in [-0.4, -0.2) is 78.8 Å². The molecule has 0 amide bonds. The first kappa shape index (κ1) is 21.4. The SMILES string of the molecule is CCCCO[PH](=O)ONCCN.[NaH].[NaH]. The molecule has 0 heterocycles. The van der Waals surface area contributed by atoms with Gasteiger partial charge in [-0.05, 0) is 6.42 Å². The van der Waals surface area contributed by atoms with Crippen LogP contribution >= 0.6 is 8.25 Å². The van der Waals surface area contributed by atoms with Gasteiger partial charge < -0.3 is 10.3 Å². The molecular formula is C6H19N2Na2O3P. The standard InChI is InChI=1S/C6H17N2O3P.2Na.2H/c1-2-3-6-10-12(9)11-8-5-4-7;;;;/h8,12H,2-7H2,1H3;;;;. The molecule has 0 rings (SSSR count). The fourth-order valence-electron chi connectivity index (χ4n) is 0.498. The molecule has 0 saturated heterocycles. The molecule has 3 N–H and O–H groups in total. The van der Waals surface area contributed by atoms with Gasteiger partial charge in [0.2, 0.25) is 0 Å². The van der Waals surface area contributed by atoms with Crippen LogP contribution in [0.5, 0.6) is 0 Å². The van der Waals surface area contributed by atoms with Crippen molar-refractivity contribution in [1.29, 1.82) is 0 Å². The second-order valence-electron chi connectivity index (χ2n) is 2.24. The average molecular weight is 244 g/mol. The normalized spacial score (nSPS) is 11.3. The molecule has 0 bridgehead atoms. The van der Waals surface area contributed by atoms with Crippen molar-refractivity contribution in [2.24, 2.45) is 5.73 Å². The van der Waals surface area contributed by atoms with Gasteiger partial charge >= 0.3 is 67.4 Å². The molecule has 0 aliphatic carbocycles. The topological polar surface area (TPSA) is 73.6 Å². The van der Waals surface area contributed by atoms with Crippen LogP contribution in [0.25, 0.3) is 0 Å². The molecule has 0 aromatic carbocycles. The number of hydroxylamine groups is 1. The summed E-state index contributed by atoms with van der Waals surface area (Å²) in [6.07, 6.45) is 1.92. The van der Waals surface area contributed by atoms with E-state index in [1.54, 1.807) is 0 Å². The first-order chi connectivity index (χ1) is 5.81. The molecule has 1 unspecified atom stereocenters. The van der Waals surface area contributed by atoms with Crippen molar-refractivity contribution in [1.82, 2.24) is 5.48 Å². The van der Waals surface area contributed by atoms with Gasteiger partial charge in [-0.15, -0.1) is 0 Å². The Morgan fingerprint density at radius 1 is 1.43 bits per heavy atom. The Morgan fingerprint density at radius 2 is 2.07 bits per heavy atom. The predicted octanol–water partition coefficient (Wildman–Crippen LogP) is -0.624. The van der Waals surface area contributed by atoms with Crippen molar-refractivity contribution in [2.75, 3.05) is 19.7 Å². The van der Waals surface area contributed by atoms with E-state index in [1.165, 1.54) is 0 Å². The molecule has 0 aliphatic heterocycles. The summed E-state index contributed by atoms with van der Waals surface area (Å²) in [4.78, 5) is 0. The Bertz CT molecular complexity index is 120. The minimum atomic E-state index is -2.35. The second-order valence-corrected chi connectivity index (χ2v) is 3.23. The summed E-state index contributed by atoms with van der Waals surface area (Å²) < 4.78 is 20.3. The third-order valence-corrected chi connectivity index (χ3v) is 1.87. The maximum absolute atomic E-state index is 10.8. The van der Waals surface area contributed by atoms with E-state index in [1.807, 2.05) is 6.92 Å². The minimum absolute atomic E-state index is 0. The molecule has 5 nitrogen and oxygen atoms in total. The van der Waals surface area contributed by atoms with Crippen LogP contribution in [0, 0.1) is 0 Å². The third-order valence-electron chi connectivity index (χ3n) is 1.12. The Balaban J connectivity index is -0.000000605. The van der Waals surface area contributed by atoms with Crippen LogP contribution in [0.15, 0.2) is 0 Å². The Hall–Kier alpha value is 2.07. The van der Waals surface area contributed by atoms with E-state index >= 15 is 0 Å². The Morgan fingerprint density at radius 3 is 2.57 bits per heavy atom. The Kier molecular flexibility index (Phi) is 26.7. The number of hydrogen-bond donors (Lipinski definition) is 2. The summed E-state index contributed by atoms with van der Waals surface area (Å²) in [6, 6.07) is 0. The summed E-state index contributed by atoms with van der Waals surface area (Å²) in [6.45, 7) is 3.45. The first-order valence-corrected chi connectivity index (χ1v) is 5.30. The van der Waals surface area contributed by atoms with Crippen LogP contribution in [0.2, 0.25) is 0 Å². The summed E-state index contributed by atoms with van der Waals surface area (Å²) in [7, 11) is -2.35. The molecule has 0 fully saturated rings. The quantitative estimate of drug-likeness (QED) is 0.257. The second kappa shape index (κ2) is 17.5. The average Bonchev–Trinajstić information content (AvgIpc) is 2.06. The van der Waals surface area contributed by atoms with Gasteiger partial charge in [0.15, 0.2) is 0 Å². The molecule has 1 atom stereocenters. The fourth-order valence-corrected chi connectivity index (χ4v) is 1.09.